The van der Waals surface area contributed by atoms with Crippen LogP contribution in [0, 0.1) is 0 Å². The Bertz CT molecular complexity index is 612. The van der Waals surface area contributed by atoms with Crippen molar-refractivity contribution in [3.63, 3.8) is 0 Å². The first-order valence-electron chi connectivity index (χ1n) is 10.6. The van der Waals surface area contributed by atoms with Gasteiger partial charge in [0.15, 0.2) is 0 Å². The number of hydrogen-bond donors (Lipinski definition) is 1. The highest BCUT2D eigenvalue weighted by Gasteiger charge is 2.47. The van der Waals surface area contributed by atoms with Gasteiger partial charge in [-0.3, -0.25) is 0 Å². The van der Waals surface area contributed by atoms with Gasteiger partial charge in [-0.15, -0.1) is 6.58 Å². The van der Waals surface area contributed by atoms with Gasteiger partial charge in [0.2, 0.25) is 0 Å². The predicted molar refractivity (Wildman–Crippen MR) is 107 cm³/mol. The Morgan fingerprint density at radius 1 is 0.929 bits per heavy atom. The Labute approximate surface area is 167 Å². The van der Waals surface area contributed by atoms with Crippen molar-refractivity contribution in [2.75, 3.05) is 6.61 Å². The van der Waals surface area contributed by atoms with E-state index in [0.29, 0.717) is 0 Å². The lowest BCUT2D eigenvalue weighted by Crippen LogP contribution is -2.56. The molecular weight excluding hydrogens is 356 g/mol. The number of ether oxygens (including phenoxy) is 4. The molecule has 4 aliphatic heterocycles. The van der Waals surface area contributed by atoms with Crippen LogP contribution in [0.5, 0.6) is 0 Å². The predicted octanol–water partition coefficient (Wildman–Crippen LogP) is 3.24. The summed E-state index contributed by atoms with van der Waals surface area (Å²) < 4.78 is 25.0. The number of aliphatic hydroxyl groups is 1. The van der Waals surface area contributed by atoms with Crippen molar-refractivity contribution in [3.8, 4) is 0 Å². The van der Waals surface area contributed by atoms with Crippen LogP contribution in [0.25, 0.3) is 0 Å². The third kappa shape index (κ3) is 4.66. The first kappa shape index (κ1) is 20.0. The maximum Gasteiger partial charge on any atom is 0.106 e. The second-order valence-electron chi connectivity index (χ2n) is 8.08. The molecule has 0 spiro atoms. The second-order valence-corrected chi connectivity index (χ2v) is 8.08. The molecule has 5 nitrogen and oxygen atoms in total. The van der Waals surface area contributed by atoms with Crippen LogP contribution in [0.4, 0.5) is 0 Å². The lowest BCUT2D eigenvalue weighted by Gasteiger charge is -2.47. The van der Waals surface area contributed by atoms with E-state index in [2.05, 4.69) is 6.58 Å². The van der Waals surface area contributed by atoms with Crippen molar-refractivity contribution < 1.29 is 24.1 Å². The van der Waals surface area contributed by atoms with E-state index >= 15 is 0 Å². The molecule has 154 valence electrons. The van der Waals surface area contributed by atoms with Crippen LogP contribution in [0.15, 0.2) is 49.1 Å². The van der Waals surface area contributed by atoms with Crippen LogP contribution in [0.2, 0.25) is 0 Å². The minimum absolute atomic E-state index is 0.0277. The highest BCUT2D eigenvalue weighted by molar-refractivity contribution is 5.14. The van der Waals surface area contributed by atoms with E-state index in [1.54, 1.807) is 6.08 Å². The second kappa shape index (κ2) is 9.51. The van der Waals surface area contributed by atoms with Crippen LogP contribution >= 0.6 is 0 Å². The van der Waals surface area contributed by atoms with Crippen molar-refractivity contribution in [1.82, 2.24) is 0 Å². The fraction of sp³-hybridized carbons (Fsp3) is 0.652. The Hall–Kier alpha value is -1.24. The molecule has 0 aliphatic carbocycles. The van der Waals surface area contributed by atoms with E-state index in [1.807, 2.05) is 36.5 Å². The quantitative estimate of drug-likeness (QED) is 0.592. The van der Waals surface area contributed by atoms with Gasteiger partial charge in [0.05, 0.1) is 30.5 Å². The zero-order valence-electron chi connectivity index (χ0n) is 16.4. The number of allylic oxidation sites excluding steroid dienone is 4. The smallest absolute Gasteiger partial charge is 0.106 e. The molecule has 0 aromatic carbocycles. The molecule has 0 bridgehead atoms. The molecule has 0 amide bonds. The zero-order chi connectivity index (χ0) is 19.3. The summed E-state index contributed by atoms with van der Waals surface area (Å²) in [6.45, 7) is 4.52. The number of fused-ring (bicyclic) bond motifs is 3. The highest BCUT2D eigenvalue weighted by atomic mass is 16.6. The van der Waals surface area contributed by atoms with Gasteiger partial charge in [-0.25, -0.2) is 0 Å². The van der Waals surface area contributed by atoms with Crippen molar-refractivity contribution in [2.45, 2.75) is 87.4 Å². The van der Waals surface area contributed by atoms with Gasteiger partial charge < -0.3 is 24.1 Å². The molecule has 5 heteroatoms. The summed E-state index contributed by atoms with van der Waals surface area (Å²) in [6.07, 6.45) is 18.2. The first-order chi connectivity index (χ1) is 13.7. The average molecular weight is 389 g/mol. The van der Waals surface area contributed by atoms with Crippen LogP contribution in [0.1, 0.15) is 38.5 Å². The molecule has 0 aromatic heterocycles. The van der Waals surface area contributed by atoms with E-state index in [-0.39, 0.29) is 36.6 Å². The van der Waals surface area contributed by atoms with E-state index < -0.39 is 12.2 Å². The molecule has 0 saturated carbocycles. The maximum atomic E-state index is 10.4. The molecule has 28 heavy (non-hydrogen) atoms. The van der Waals surface area contributed by atoms with Crippen molar-refractivity contribution in [2.24, 2.45) is 0 Å². The molecule has 0 radical (unpaired) electrons. The van der Waals surface area contributed by atoms with Crippen molar-refractivity contribution in [3.05, 3.63) is 49.1 Å². The summed E-state index contributed by atoms with van der Waals surface area (Å²) in [5.74, 6) is 0. The van der Waals surface area contributed by atoms with E-state index in [9.17, 15) is 5.11 Å². The van der Waals surface area contributed by atoms with Gasteiger partial charge in [0.25, 0.3) is 0 Å². The maximum absolute atomic E-state index is 10.4. The lowest BCUT2D eigenvalue weighted by atomic mass is 9.89. The summed E-state index contributed by atoms with van der Waals surface area (Å²) in [7, 11) is 0. The first-order valence-corrected chi connectivity index (χ1v) is 10.6. The Morgan fingerprint density at radius 2 is 1.79 bits per heavy atom. The largest absolute Gasteiger partial charge is 0.386 e. The third-order valence-corrected chi connectivity index (χ3v) is 6.04. The molecule has 1 N–H and O–H groups in total. The molecule has 8 atom stereocenters. The summed E-state index contributed by atoms with van der Waals surface area (Å²) in [6, 6.07) is 0. The lowest BCUT2D eigenvalue weighted by molar-refractivity contribution is -0.248. The van der Waals surface area contributed by atoms with Gasteiger partial charge in [0.1, 0.15) is 18.3 Å². The van der Waals surface area contributed by atoms with E-state index in [1.165, 1.54) is 0 Å². The molecule has 4 heterocycles. The molecule has 0 aromatic rings. The van der Waals surface area contributed by atoms with E-state index in [4.69, 9.17) is 18.9 Å². The molecule has 3 saturated heterocycles. The Kier molecular flexibility index (Phi) is 6.81. The fourth-order valence-corrected chi connectivity index (χ4v) is 4.55. The SMILES string of the molecule is C=CC/C=C\C=C/[C@H]1O[C@H]2C[C@H]3O[C@H]4CCCCOC4CC3OC2C=CC1O. The standard InChI is InChI=1S/C23H32O5/c1-2-3-4-5-6-9-17-16(24)11-12-19-21(26-17)15-23-22(28-19)14-20-18(27-23)10-7-8-13-25-20/h2,4-6,9,11-12,16-24H,1,3,7-8,10,13-15H2/b5-4-,9-6-/t16?,17-,18+,19?,20?,21+,22?,23-/m1/s1. The van der Waals surface area contributed by atoms with Gasteiger partial charge in [-0.1, -0.05) is 42.5 Å². The summed E-state index contributed by atoms with van der Waals surface area (Å²) in [5.41, 5.74) is 0. The molecule has 4 aliphatic rings. The summed E-state index contributed by atoms with van der Waals surface area (Å²) in [5, 5.41) is 10.4. The molecule has 4 rings (SSSR count). The van der Waals surface area contributed by atoms with Gasteiger partial charge in [0, 0.05) is 19.4 Å². The topological polar surface area (TPSA) is 57.2 Å². The molecule has 3 fully saturated rings. The number of aliphatic hydroxyl groups excluding tert-OH is 1. The zero-order valence-corrected chi connectivity index (χ0v) is 16.4. The fourth-order valence-electron chi connectivity index (χ4n) is 4.55. The normalized spacial score (nSPS) is 43.8. The monoisotopic (exact) mass is 388 g/mol. The van der Waals surface area contributed by atoms with Crippen LogP contribution in [0.3, 0.4) is 0 Å². The molecule has 4 unspecified atom stereocenters. The number of rotatable bonds is 4. The average Bonchev–Trinajstić information content (AvgIpc) is 3.01. The number of hydrogen-bond acceptors (Lipinski definition) is 5. The highest BCUT2D eigenvalue weighted by Crippen LogP contribution is 2.38. The third-order valence-electron chi connectivity index (χ3n) is 6.04. The van der Waals surface area contributed by atoms with Crippen molar-refractivity contribution >= 4 is 0 Å². The summed E-state index contributed by atoms with van der Waals surface area (Å²) in [4.78, 5) is 0. The Balaban J connectivity index is 1.41. The Morgan fingerprint density at radius 3 is 2.68 bits per heavy atom. The van der Waals surface area contributed by atoms with Crippen LogP contribution in [-0.4, -0.2) is 60.5 Å². The summed E-state index contributed by atoms with van der Waals surface area (Å²) >= 11 is 0. The van der Waals surface area contributed by atoms with Crippen LogP contribution in [-0.2, 0) is 18.9 Å². The van der Waals surface area contributed by atoms with Crippen LogP contribution < -0.4 is 0 Å². The molecular formula is C23H32O5. The minimum atomic E-state index is -0.685. The van der Waals surface area contributed by atoms with Gasteiger partial charge in [-0.2, -0.15) is 0 Å². The van der Waals surface area contributed by atoms with Crippen molar-refractivity contribution in [1.29, 1.82) is 0 Å². The van der Waals surface area contributed by atoms with Gasteiger partial charge in [-0.05, 0) is 25.7 Å². The minimum Gasteiger partial charge on any atom is -0.386 e. The van der Waals surface area contributed by atoms with E-state index in [0.717, 1.165) is 45.1 Å². The van der Waals surface area contributed by atoms with Gasteiger partial charge >= 0.3 is 0 Å².